The van der Waals surface area contributed by atoms with Crippen LogP contribution in [0.3, 0.4) is 0 Å². The highest BCUT2D eigenvalue weighted by Gasteiger charge is 2.20. The maximum absolute atomic E-state index is 12.0. The number of nitrogens with zero attached hydrogens (tertiary/aromatic N) is 2. The first kappa shape index (κ1) is 17.9. The Kier molecular flexibility index (Phi) is 8.28. The molecular weight excluding hydrogens is 288 g/mol. The molecule has 0 spiro atoms. The summed E-state index contributed by atoms with van der Waals surface area (Å²) in [5, 5.41) is 0.267. The van der Waals surface area contributed by atoms with Crippen LogP contribution in [0.1, 0.15) is 69.8 Å². The molecule has 118 valence electrons. The van der Waals surface area contributed by atoms with Gasteiger partial charge in [0.15, 0.2) is 5.69 Å². The van der Waals surface area contributed by atoms with Crippen LogP contribution >= 0.6 is 11.6 Å². The molecule has 0 aliphatic rings. The Labute approximate surface area is 132 Å². The molecule has 0 N–H and O–H groups in total. The maximum atomic E-state index is 12.0. The smallest absolute Gasteiger partial charge is 0.358 e. The molecule has 1 rings (SSSR count). The summed E-state index contributed by atoms with van der Waals surface area (Å²) in [7, 11) is 0. The van der Waals surface area contributed by atoms with Gasteiger partial charge >= 0.3 is 5.97 Å². The van der Waals surface area contributed by atoms with Crippen molar-refractivity contribution in [1.29, 1.82) is 0 Å². The highest BCUT2D eigenvalue weighted by Crippen LogP contribution is 2.17. The van der Waals surface area contributed by atoms with Gasteiger partial charge in [-0.3, -0.25) is 0 Å². The van der Waals surface area contributed by atoms with Crippen LogP contribution in [-0.2, 0) is 4.74 Å². The molecule has 21 heavy (non-hydrogen) atoms. The predicted molar refractivity (Wildman–Crippen MR) is 84.5 cm³/mol. The highest BCUT2D eigenvalue weighted by atomic mass is 35.5. The van der Waals surface area contributed by atoms with Crippen molar-refractivity contribution in [3.8, 4) is 0 Å². The van der Waals surface area contributed by atoms with Crippen molar-refractivity contribution in [3.63, 3.8) is 0 Å². The van der Waals surface area contributed by atoms with E-state index in [1.54, 1.807) is 0 Å². The monoisotopic (exact) mass is 312 g/mol. The van der Waals surface area contributed by atoms with Crippen LogP contribution in [0.15, 0.2) is 12.4 Å². The average molecular weight is 313 g/mol. The first-order valence-electron chi connectivity index (χ1n) is 7.73. The summed E-state index contributed by atoms with van der Waals surface area (Å²) in [6.45, 7) is 6.33. The van der Waals surface area contributed by atoms with Gasteiger partial charge in [-0.05, 0) is 18.8 Å². The lowest BCUT2D eigenvalue weighted by molar-refractivity contribution is 0.0144. The van der Waals surface area contributed by atoms with Crippen molar-refractivity contribution in [2.24, 2.45) is 5.92 Å². The Balaban J connectivity index is 2.46. The third kappa shape index (κ3) is 6.89. The zero-order valence-electron chi connectivity index (χ0n) is 13.1. The molecule has 0 aliphatic carbocycles. The average Bonchev–Trinajstić information content (AvgIpc) is 2.46. The summed E-state index contributed by atoms with van der Waals surface area (Å²) in [5.74, 6) is -0.133. The molecule has 0 bridgehead atoms. The van der Waals surface area contributed by atoms with Crippen molar-refractivity contribution in [2.45, 2.75) is 65.4 Å². The number of hydrogen-bond acceptors (Lipinski definition) is 4. The Bertz CT molecular complexity index is 421. The molecule has 0 saturated heterocycles. The lowest BCUT2D eigenvalue weighted by Gasteiger charge is -2.21. The number of halogens is 1. The van der Waals surface area contributed by atoms with E-state index in [-0.39, 0.29) is 17.0 Å². The van der Waals surface area contributed by atoms with Gasteiger partial charge in [0.1, 0.15) is 11.3 Å². The SMILES string of the molecule is CCCCCCC[C@H](OC(=O)c1cnc(Cl)cn1)C(C)C. The van der Waals surface area contributed by atoms with Gasteiger partial charge in [-0.2, -0.15) is 0 Å². The third-order valence-corrected chi connectivity index (χ3v) is 3.62. The van der Waals surface area contributed by atoms with Gasteiger partial charge in [-0.15, -0.1) is 0 Å². The second kappa shape index (κ2) is 9.72. The normalized spacial score (nSPS) is 12.4. The van der Waals surface area contributed by atoms with E-state index in [2.05, 4.69) is 30.7 Å². The highest BCUT2D eigenvalue weighted by molar-refractivity contribution is 6.29. The predicted octanol–water partition coefficient (Wildman–Crippen LogP) is 4.67. The van der Waals surface area contributed by atoms with Crippen molar-refractivity contribution in [2.75, 3.05) is 0 Å². The van der Waals surface area contributed by atoms with Gasteiger partial charge < -0.3 is 4.74 Å². The number of esters is 1. The molecule has 1 heterocycles. The summed E-state index contributed by atoms with van der Waals surface area (Å²) >= 11 is 5.66. The molecule has 1 aromatic rings. The first-order chi connectivity index (χ1) is 10.0. The fourth-order valence-electron chi connectivity index (χ4n) is 2.09. The quantitative estimate of drug-likeness (QED) is 0.491. The van der Waals surface area contributed by atoms with E-state index in [9.17, 15) is 4.79 Å². The van der Waals surface area contributed by atoms with Crippen molar-refractivity contribution >= 4 is 17.6 Å². The Morgan fingerprint density at radius 1 is 1.19 bits per heavy atom. The number of aromatic nitrogens is 2. The summed E-state index contributed by atoms with van der Waals surface area (Å²) in [6, 6.07) is 0. The zero-order chi connectivity index (χ0) is 15.7. The van der Waals surface area contributed by atoms with Gasteiger partial charge in [0, 0.05) is 0 Å². The van der Waals surface area contributed by atoms with Crippen LogP contribution in [0.2, 0.25) is 5.15 Å². The zero-order valence-corrected chi connectivity index (χ0v) is 13.9. The molecule has 1 atom stereocenters. The van der Waals surface area contributed by atoms with Crippen LogP contribution < -0.4 is 0 Å². The molecule has 0 fully saturated rings. The van der Waals surface area contributed by atoms with E-state index in [4.69, 9.17) is 16.3 Å². The Hall–Kier alpha value is -1.16. The fourth-order valence-corrected chi connectivity index (χ4v) is 2.19. The molecule has 1 aromatic heterocycles. The largest absolute Gasteiger partial charge is 0.457 e. The lowest BCUT2D eigenvalue weighted by Crippen LogP contribution is -2.24. The van der Waals surface area contributed by atoms with Crippen molar-refractivity contribution in [1.82, 2.24) is 9.97 Å². The molecule has 0 amide bonds. The van der Waals surface area contributed by atoms with Crippen LogP contribution in [-0.4, -0.2) is 22.0 Å². The molecule has 4 nitrogen and oxygen atoms in total. The lowest BCUT2D eigenvalue weighted by atomic mass is 10.00. The van der Waals surface area contributed by atoms with Crippen molar-refractivity contribution < 1.29 is 9.53 Å². The minimum atomic E-state index is -0.425. The van der Waals surface area contributed by atoms with Gasteiger partial charge in [0.2, 0.25) is 0 Å². The second-order valence-electron chi connectivity index (χ2n) is 5.62. The van der Waals surface area contributed by atoms with E-state index < -0.39 is 5.97 Å². The Morgan fingerprint density at radius 3 is 2.48 bits per heavy atom. The summed E-state index contributed by atoms with van der Waals surface area (Å²) in [6.07, 6.45) is 9.56. The standard InChI is InChI=1S/C16H25ClN2O2/c1-4-5-6-7-8-9-14(12(2)3)21-16(20)13-10-19-15(17)11-18-13/h10-12,14H,4-9H2,1-3H3/t14-/m0/s1. The van der Waals surface area contributed by atoms with Crippen LogP contribution in [0.4, 0.5) is 0 Å². The molecule has 0 unspecified atom stereocenters. The van der Waals surface area contributed by atoms with E-state index in [0.717, 1.165) is 12.8 Å². The minimum absolute atomic E-state index is 0.0726. The topological polar surface area (TPSA) is 52.1 Å². The van der Waals surface area contributed by atoms with Crippen LogP contribution in [0, 0.1) is 5.92 Å². The summed E-state index contributed by atoms with van der Waals surface area (Å²) < 4.78 is 5.56. The van der Waals surface area contributed by atoms with Crippen LogP contribution in [0.25, 0.3) is 0 Å². The van der Waals surface area contributed by atoms with E-state index in [1.807, 2.05) is 0 Å². The molecule has 0 aliphatic heterocycles. The number of hydrogen-bond donors (Lipinski definition) is 0. The maximum Gasteiger partial charge on any atom is 0.358 e. The van der Waals surface area contributed by atoms with E-state index in [1.165, 1.54) is 38.1 Å². The number of carbonyl (C=O) groups is 1. The Morgan fingerprint density at radius 2 is 1.90 bits per heavy atom. The molecular formula is C16H25ClN2O2. The van der Waals surface area contributed by atoms with Gasteiger partial charge in [-0.1, -0.05) is 58.1 Å². The third-order valence-electron chi connectivity index (χ3n) is 3.42. The van der Waals surface area contributed by atoms with Gasteiger partial charge in [0.25, 0.3) is 0 Å². The number of rotatable bonds is 9. The van der Waals surface area contributed by atoms with Gasteiger partial charge in [-0.25, -0.2) is 14.8 Å². The first-order valence-corrected chi connectivity index (χ1v) is 8.11. The second-order valence-corrected chi connectivity index (χ2v) is 6.00. The van der Waals surface area contributed by atoms with Gasteiger partial charge in [0.05, 0.1) is 12.4 Å². The molecule has 0 aromatic carbocycles. The van der Waals surface area contributed by atoms with E-state index in [0.29, 0.717) is 5.92 Å². The molecule has 0 radical (unpaired) electrons. The molecule has 5 heteroatoms. The number of unbranched alkanes of at least 4 members (excludes halogenated alkanes) is 4. The summed E-state index contributed by atoms with van der Waals surface area (Å²) in [5.41, 5.74) is 0.205. The van der Waals surface area contributed by atoms with Crippen LogP contribution in [0.5, 0.6) is 0 Å². The minimum Gasteiger partial charge on any atom is -0.457 e. The number of ether oxygens (including phenoxy) is 1. The van der Waals surface area contributed by atoms with E-state index >= 15 is 0 Å². The fraction of sp³-hybridized carbons (Fsp3) is 0.688. The van der Waals surface area contributed by atoms with Crippen molar-refractivity contribution in [3.05, 3.63) is 23.2 Å². The molecule has 0 saturated carbocycles. The summed E-state index contributed by atoms with van der Waals surface area (Å²) in [4.78, 5) is 19.8. The number of carbonyl (C=O) groups excluding carboxylic acids is 1.